The van der Waals surface area contributed by atoms with Gasteiger partial charge in [0.15, 0.2) is 0 Å². The number of esters is 1. The van der Waals surface area contributed by atoms with Crippen molar-refractivity contribution < 1.29 is 19.0 Å². The zero-order valence-electron chi connectivity index (χ0n) is 12.9. The Balaban J connectivity index is 1.55. The van der Waals surface area contributed by atoms with E-state index in [0.717, 1.165) is 17.2 Å². The third kappa shape index (κ3) is 4.02. The molecule has 2 aromatic carbocycles. The van der Waals surface area contributed by atoms with Gasteiger partial charge in [-0.25, -0.2) is 0 Å². The van der Waals surface area contributed by atoms with Crippen molar-refractivity contribution in [1.29, 1.82) is 0 Å². The molecule has 0 radical (unpaired) electrons. The largest absolute Gasteiger partial charge is 0.489 e. The van der Waals surface area contributed by atoms with E-state index in [2.05, 4.69) is 5.32 Å². The normalized spacial score (nSPS) is 20.0. The van der Waals surface area contributed by atoms with Crippen LogP contribution in [0.5, 0.6) is 17.2 Å². The van der Waals surface area contributed by atoms with Gasteiger partial charge in [-0.1, -0.05) is 18.2 Å². The van der Waals surface area contributed by atoms with Crippen molar-refractivity contribution in [3.63, 3.8) is 0 Å². The molecule has 0 saturated carbocycles. The summed E-state index contributed by atoms with van der Waals surface area (Å²) in [5, 5.41) is 3.10. The fraction of sp³-hybridized carbons (Fsp3) is 0.278. The average molecular weight is 313 g/mol. The van der Waals surface area contributed by atoms with Crippen LogP contribution in [0.25, 0.3) is 0 Å². The number of nitrogens with one attached hydrogen (secondary N) is 1. The summed E-state index contributed by atoms with van der Waals surface area (Å²) in [7, 11) is 1.39. The van der Waals surface area contributed by atoms with Crippen LogP contribution in [-0.2, 0) is 9.53 Å². The fourth-order valence-electron chi connectivity index (χ4n) is 2.52. The minimum Gasteiger partial charge on any atom is -0.489 e. The molecule has 5 nitrogen and oxygen atoms in total. The second kappa shape index (κ2) is 7.15. The molecule has 1 saturated heterocycles. The lowest BCUT2D eigenvalue weighted by molar-refractivity contribution is -0.142. The standard InChI is InChI=1S/C18H19NO4/c1-21-18(20)17-11-16(12-19-17)23-15-9-7-14(8-10-15)22-13-5-3-2-4-6-13/h2-10,16-17,19H,11-12H2,1H3. The van der Waals surface area contributed by atoms with E-state index in [1.54, 1.807) is 0 Å². The molecule has 1 fully saturated rings. The summed E-state index contributed by atoms with van der Waals surface area (Å²) in [6.45, 7) is 0.627. The molecule has 23 heavy (non-hydrogen) atoms. The topological polar surface area (TPSA) is 56.8 Å². The van der Waals surface area contributed by atoms with Gasteiger partial charge in [0.05, 0.1) is 7.11 Å². The van der Waals surface area contributed by atoms with Crippen molar-refractivity contribution in [1.82, 2.24) is 5.32 Å². The van der Waals surface area contributed by atoms with E-state index in [0.29, 0.717) is 13.0 Å². The number of hydrogen-bond donors (Lipinski definition) is 1. The van der Waals surface area contributed by atoms with E-state index in [9.17, 15) is 4.79 Å². The van der Waals surface area contributed by atoms with Gasteiger partial charge < -0.3 is 19.5 Å². The molecule has 0 bridgehead atoms. The van der Waals surface area contributed by atoms with Crippen molar-refractivity contribution >= 4 is 5.97 Å². The highest BCUT2D eigenvalue weighted by molar-refractivity contribution is 5.76. The Bertz CT molecular complexity index is 642. The Kier molecular flexibility index (Phi) is 4.78. The first-order chi connectivity index (χ1) is 11.2. The van der Waals surface area contributed by atoms with Gasteiger partial charge in [0.1, 0.15) is 29.4 Å². The first-order valence-electron chi connectivity index (χ1n) is 7.55. The zero-order chi connectivity index (χ0) is 16.1. The molecule has 1 aliphatic rings. The summed E-state index contributed by atoms with van der Waals surface area (Å²) < 4.78 is 16.3. The minimum absolute atomic E-state index is 0.0417. The number of rotatable bonds is 5. The number of benzene rings is 2. The first-order valence-corrected chi connectivity index (χ1v) is 7.55. The second-order valence-corrected chi connectivity index (χ2v) is 5.35. The van der Waals surface area contributed by atoms with Gasteiger partial charge in [0.2, 0.25) is 0 Å². The van der Waals surface area contributed by atoms with Crippen molar-refractivity contribution in [3.05, 3.63) is 54.6 Å². The molecule has 1 heterocycles. The highest BCUT2D eigenvalue weighted by atomic mass is 16.5. The van der Waals surface area contributed by atoms with E-state index in [4.69, 9.17) is 14.2 Å². The van der Waals surface area contributed by atoms with E-state index in [1.807, 2.05) is 54.6 Å². The maximum absolute atomic E-state index is 11.5. The number of carbonyl (C=O) groups excluding carboxylic acids is 1. The Hall–Kier alpha value is -2.53. The zero-order valence-corrected chi connectivity index (χ0v) is 12.9. The number of para-hydroxylation sites is 1. The van der Waals surface area contributed by atoms with Crippen LogP contribution < -0.4 is 14.8 Å². The SMILES string of the molecule is COC(=O)C1CC(Oc2ccc(Oc3ccccc3)cc2)CN1. The van der Waals surface area contributed by atoms with E-state index in [-0.39, 0.29) is 18.1 Å². The molecule has 3 rings (SSSR count). The van der Waals surface area contributed by atoms with Crippen LogP contribution in [0.15, 0.2) is 54.6 Å². The van der Waals surface area contributed by atoms with Gasteiger partial charge in [-0.15, -0.1) is 0 Å². The molecular weight excluding hydrogens is 294 g/mol. The van der Waals surface area contributed by atoms with Gasteiger partial charge in [-0.3, -0.25) is 4.79 Å². The predicted molar refractivity (Wildman–Crippen MR) is 85.8 cm³/mol. The number of methoxy groups -OCH3 is 1. The van der Waals surface area contributed by atoms with Crippen molar-refractivity contribution in [2.75, 3.05) is 13.7 Å². The lowest BCUT2D eigenvalue weighted by atomic mass is 10.2. The van der Waals surface area contributed by atoms with E-state index in [1.165, 1.54) is 7.11 Å². The fourth-order valence-corrected chi connectivity index (χ4v) is 2.52. The molecule has 0 amide bonds. The molecular formula is C18H19NO4. The highest BCUT2D eigenvalue weighted by Crippen LogP contribution is 2.25. The quantitative estimate of drug-likeness (QED) is 0.860. The van der Waals surface area contributed by atoms with Crippen molar-refractivity contribution in [2.45, 2.75) is 18.6 Å². The molecule has 2 atom stereocenters. The number of hydrogen-bond acceptors (Lipinski definition) is 5. The van der Waals surface area contributed by atoms with Crippen molar-refractivity contribution in [3.8, 4) is 17.2 Å². The number of ether oxygens (including phenoxy) is 3. The molecule has 120 valence electrons. The average Bonchev–Trinajstić information content (AvgIpc) is 3.05. The van der Waals surface area contributed by atoms with Gasteiger partial charge in [-0.2, -0.15) is 0 Å². The Labute approximate surface area is 135 Å². The molecule has 2 unspecified atom stereocenters. The maximum Gasteiger partial charge on any atom is 0.323 e. The maximum atomic E-state index is 11.5. The molecule has 5 heteroatoms. The van der Waals surface area contributed by atoms with Gasteiger partial charge in [0, 0.05) is 13.0 Å². The van der Waals surface area contributed by atoms with Crippen LogP contribution in [0.1, 0.15) is 6.42 Å². The Morgan fingerprint density at radius 2 is 1.65 bits per heavy atom. The van der Waals surface area contributed by atoms with E-state index >= 15 is 0 Å². The highest BCUT2D eigenvalue weighted by Gasteiger charge is 2.31. The van der Waals surface area contributed by atoms with Crippen LogP contribution in [0.3, 0.4) is 0 Å². The van der Waals surface area contributed by atoms with E-state index < -0.39 is 0 Å². The van der Waals surface area contributed by atoms with Crippen molar-refractivity contribution in [2.24, 2.45) is 0 Å². The monoisotopic (exact) mass is 313 g/mol. The lowest BCUT2D eigenvalue weighted by Gasteiger charge is -2.13. The van der Waals surface area contributed by atoms with Crippen LogP contribution in [0, 0.1) is 0 Å². The molecule has 0 aromatic heterocycles. The summed E-state index contributed by atoms with van der Waals surface area (Å²) >= 11 is 0. The molecule has 0 spiro atoms. The van der Waals surface area contributed by atoms with Crippen LogP contribution in [0.4, 0.5) is 0 Å². The summed E-state index contributed by atoms with van der Waals surface area (Å²) in [5.41, 5.74) is 0. The van der Waals surface area contributed by atoms with Crippen LogP contribution >= 0.6 is 0 Å². The lowest BCUT2D eigenvalue weighted by Crippen LogP contribution is -2.31. The van der Waals surface area contributed by atoms with Crippen LogP contribution in [0.2, 0.25) is 0 Å². The van der Waals surface area contributed by atoms with Gasteiger partial charge >= 0.3 is 5.97 Å². The van der Waals surface area contributed by atoms with Gasteiger partial charge in [-0.05, 0) is 36.4 Å². The summed E-state index contributed by atoms with van der Waals surface area (Å²) in [6, 6.07) is 16.8. The third-order valence-corrected chi connectivity index (χ3v) is 3.68. The molecule has 1 aliphatic heterocycles. The second-order valence-electron chi connectivity index (χ2n) is 5.35. The third-order valence-electron chi connectivity index (χ3n) is 3.68. The van der Waals surface area contributed by atoms with Gasteiger partial charge in [0.25, 0.3) is 0 Å². The molecule has 1 N–H and O–H groups in total. The minimum atomic E-state index is -0.286. The summed E-state index contributed by atoms with van der Waals surface area (Å²) in [5.74, 6) is 2.05. The summed E-state index contributed by atoms with van der Waals surface area (Å²) in [6.07, 6.45) is 0.564. The summed E-state index contributed by atoms with van der Waals surface area (Å²) in [4.78, 5) is 11.5. The first kappa shape index (κ1) is 15.4. The van der Waals surface area contributed by atoms with Crippen LogP contribution in [-0.4, -0.2) is 31.8 Å². The Morgan fingerprint density at radius 1 is 1.00 bits per heavy atom. The molecule has 0 aliphatic carbocycles. The Morgan fingerprint density at radius 3 is 2.35 bits per heavy atom. The molecule has 2 aromatic rings. The smallest absolute Gasteiger partial charge is 0.323 e. The predicted octanol–water partition coefficient (Wildman–Crippen LogP) is 2.76. The number of carbonyl (C=O) groups is 1.